The molecule has 0 saturated heterocycles. The van der Waals surface area contributed by atoms with Gasteiger partial charge in [-0.25, -0.2) is 4.39 Å². The van der Waals surface area contributed by atoms with Gasteiger partial charge in [-0.15, -0.1) is 0 Å². The molecule has 0 spiro atoms. The van der Waals surface area contributed by atoms with E-state index in [0.717, 1.165) is 12.1 Å². The summed E-state index contributed by atoms with van der Waals surface area (Å²) in [7, 11) is 0. The lowest BCUT2D eigenvalue weighted by Gasteiger charge is -2.14. The van der Waals surface area contributed by atoms with Crippen molar-refractivity contribution in [2.45, 2.75) is 12.4 Å². The molecule has 0 saturated carbocycles. The van der Waals surface area contributed by atoms with Gasteiger partial charge in [0.05, 0.1) is 16.5 Å². The van der Waals surface area contributed by atoms with Crippen LogP contribution in [0, 0.1) is 5.82 Å². The molecule has 2 aromatic carbocycles. The predicted molar refractivity (Wildman–Crippen MR) is 73.7 cm³/mol. The second-order valence-corrected chi connectivity index (χ2v) is 5.09. The number of nitrogens with one attached hydrogen (secondary N) is 1. The second kappa shape index (κ2) is 5.64. The summed E-state index contributed by atoms with van der Waals surface area (Å²) in [6.45, 7) is 0. The summed E-state index contributed by atoms with van der Waals surface area (Å²) < 4.78 is 95.2. The molecule has 1 heterocycles. The van der Waals surface area contributed by atoms with E-state index in [1.54, 1.807) is 0 Å². The third-order valence-corrected chi connectivity index (χ3v) is 3.28. The van der Waals surface area contributed by atoms with E-state index in [1.807, 2.05) is 0 Å². The molecule has 0 unspecified atom stereocenters. The molecule has 0 radical (unpaired) electrons. The van der Waals surface area contributed by atoms with Gasteiger partial charge in [-0.3, -0.25) is 0 Å². The summed E-state index contributed by atoms with van der Waals surface area (Å²) in [5, 5.41) is 5.88. The summed E-state index contributed by atoms with van der Waals surface area (Å²) in [6, 6.07) is 4.29. The molecule has 1 aromatic heterocycles. The Morgan fingerprint density at radius 2 is 1.44 bits per heavy atom. The monoisotopic (exact) mass is 364 g/mol. The first-order chi connectivity index (χ1) is 11.5. The average Bonchev–Trinajstić information content (AvgIpc) is 2.87. The number of benzene rings is 2. The number of fused-ring (bicyclic) bond motifs is 1. The van der Waals surface area contributed by atoms with Crippen molar-refractivity contribution in [1.82, 2.24) is 5.16 Å². The quantitative estimate of drug-likeness (QED) is 0.589. The van der Waals surface area contributed by atoms with E-state index in [-0.39, 0.29) is 22.9 Å². The van der Waals surface area contributed by atoms with Gasteiger partial charge in [0.15, 0.2) is 11.4 Å². The lowest BCUT2D eigenvalue weighted by atomic mass is 10.1. The fourth-order valence-corrected chi connectivity index (χ4v) is 2.16. The average molecular weight is 364 g/mol. The van der Waals surface area contributed by atoms with E-state index in [4.69, 9.17) is 4.52 Å². The molecule has 0 atom stereocenters. The fraction of sp³-hybridized carbons (Fsp3) is 0.133. The standard InChI is InChI=1S/C15H7F7N2O/c16-9-1-2-12-11(6-9)13(24-25-12)23-10-4-7(14(17,18)19)3-8(5-10)15(20,21)22/h1-6H,(H,23,24). The van der Waals surface area contributed by atoms with Crippen LogP contribution in [0.4, 0.5) is 42.2 Å². The van der Waals surface area contributed by atoms with Crippen LogP contribution in [0.1, 0.15) is 11.1 Å². The SMILES string of the molecule is Fc1ccc2onc(Nc3cc(C(F)(F)F)cc(C(F)(F)F)c3)c2c1. The van der Waals surface area contributed by atoms with E-state index < -0.39 is 35.0 Å². The number of aromatic nitrogens is 1. The van der Waals surface area contributed by atoms with Crippen molar-refractivity contribution < 1.29 is 35.3 Å². The topological polar surface area (TPSA) is 38.1 Å². The maximum absolute atomic E-state index is 13.3. The molecule has 0 aliphatic rings. The fourth-order valence-electron chi connectivity index (χ4n) is 2.16. The Morgan fingerprint density at radius 1 is 0.840 bits per heavy atom. The van der Waals surface area contributed by atoms with Crippen LogP contribution in [0.15, 0.2) is 40.9 Å². The predicted octanol–water partition coefficient (Wildman–Crippen LogP) is 5.75. The molecule has 3 rings (SSSR count). The summed E-state index contributed by atoms with van der Waals surface area (Å²) in [5.74, 6) is -0.874. The molecule has 3 nitrogen and oxygen atoms in total. The number of halogens is 7. The van der Waals surface area contributed by atoms with Crippen LogP contribution in [-0.4, -0.2) is 5.16 Å². The molecule has 3 aromatic rings. The number of hydrogen-bond acceptors (Lipinski definition) is 3. The maximum atomic E-state index is 13.3. The van der Waals surface area contributed by atoms with E-state index in [2.05, 4.69) is 10.5 Å². The van der Waals surface area contributed by atoms with Gasteiger partial charge < -0.3 is 9.84 Å². The zero-order valence-electron chi connectivity index (χ0n) is 12.0. The number of hydrogen-bond donors (Lipinski definition) is 1. The molecule has 1 N–H and O–H groups in total. The lowest BCUT2D eigenvalue weighted by Crippen LogP contribution is -2.11. The minimum absolute atomic E-state index is 0.00571. The van der Waals surface area contributed by atoms with Gasteiger partial charge in [0.2, 0.25) is 0 Å². The minimum Gasteiger partial charge on any atom is -0.354 e. The summed E-state index contributed by atoms with van der Waals surface area (Å²) in [5.41, 5.74) is -3.36. The van der Waals surface area contributed by atoms with Gasteiger partial charge in [0, 0.05) is 5.69 Å². The van der Waals surface area contributed by atoms with Crippen molar-refractivity contribution in [2.24, 2.45) is 0 Å². The van der Waals surface area contributed by atoms with Crippen molar-refractivity contribution in [3.05, 3.63) is 53.3 Å². The highest BCUT2D eigenvalue weighted by atomic mass is 19.4. The highest BCUT2D eigenvalue weighted by molar-refractivity contribution is 5.89. The third-order valence-electron chi connectivity index (χ3n) is 3.28. The van der Waals surface area contributed by atoms with E-state index in [0.29, 0.717) is 12.1 Å². The zero-order valence-corrected chi connectivity index (χ0v) is 12.0. The summed E-state index contributed by atoms with van der Waals surface area (Å²) in [6.07, 6.45) is -9.95. The van der Waals surface area contributed by atoms with Crippen molar-refractivity contribution in [1.29, 1.82) is 0 Å². The highest BCUT2D eigenvalue weighted by Gasteiger charge is 2.37. The second-order valence-electron chi connectivity index (χ2n) is 5.09. The van der Waals surface area contributed by atoms with Crippen LogP contribution >= 0.6 is 0 Å². The van der Waals surface area contributed by atoms with Crippen molar-refractivity contribution in [3.63, 3.8) is 0 Å². The Bertz CT molecular complexity index is 896. The molecule has 25 heavy (non-hydrogen) atoms. The molecule has 10 heteroatoms. The molecular formula is C15H7F7N2O. The molecule has 0 aliphatic carbocycles. The first-order valence-corrected chi connectivity index (χ1v) is 6.65. The van der Waals surface area contributed by atoms with Crippen molar-refractivity contribution in [2.75, 3.05) is 5.32 Å². The first kappa shape index (κ1) is 17.1. The van der Waals surface area contributed by atoms with Crippen LogP contribution in [0.2, 0.25) is 0 Å². The molecule has 0 fully saturated rings. The molecule has 132 valence electrons. The maximum Gasteiger partial charge on any atom is 0.416 e. The number of alkyl halides is 6. The Hall–Kier alpha value is -2.78. The molecule has 0 bridgehead atoms. The van der Waals surface area contributed by atoms with E-state index >= 15 is 0 Å². The molecular weight excluding hydrogens is 357 g/mol. The van der Waals surface area contributed by atoms with Gasteiger partial charge in [-0.05, 0) is 36.4 Å². The minimum atomic E-state index is -4.98. The van der Waals surface area contributed by atoms with Gasteiger partial charge >= 0.3 is 12.4 Å². The zero-order chi connectivity index (χ0) is 18.4. The van der Waals surface area contributed by atoms with Gasteiger partial charge in [0.25, 0.3) is 0 Å². The highest BCUT2D eigenvalue weighted by Crippen LogP contribution is 2.38. The van der Waals surface area contributed by atoms with Crippen molar-refractivity contribution in [3.8, 4) is 0 Å². The summed E-state index contributed by atoms with van der Waals surface area (Å²) >= 11 is 0. The Labute approximate surface area is 135 Å². The number of nitrogens with zero attached hydrogens (tertiary/aromatic N) is 1. The van der Waals surface area contributed by atoms with Gasteiger partial charge in [0.1, 0.15) is 5.82 Å². The number of anilines is 2. The molecule has 0 aliphatic heterocycles. The van der Waals surface area contributed by atoms with Crippen LogP contribution in [0.25, 0.3) is 11.0 Å². The Balaban J connectivity index is 2.08. The first-order valence-electron chi connectivity index (χ1n) is 6.65. The van der Waals surface area contributed by atoms with Crippen LogP contribution in [0.5, 0.6) is 0 Å². The van der Waals surface area contributed by atoms with E-state index in [9.17, 15) is 30.7 Å². The largest absolute Gasteiger partial charge is 0.416 e. The smallest absolute Gasteiger partial charge is 0.354 e. The third kappa shape index (κ3) is 3.52. The van der Waals surface area contributed by atoms with Crippen LogP contribution < -0.4 is 5.32 Å². The summed E-state index contributed by atoms with van der Waals surface area (Å²) in [4.78, 5) is 0. The normalized spacial score (nSPS) is 12.6. The lowest BCUT2D eigenvalue weighted by molar-refractivity contribution is -0.143. The van der Waals surface area contributed by atoms with Crippen molar-refractivity contribution >= 4 is 22.5 Å². The van der Waals surface area contributed by atoms with E-state index in [1.165, 1.54) is 6.07 Å². The van der Waals surface area contributed by atoms with Gasteiger partial charge in [-0.1, -0.05) is 5.16 Å². The molecule has 0 amide bonds. The Kier molecular flexibility index (Phi) is 3.85. The van der Waals surface area contributed by atoms with Crippen LogP contribution in [0.3, 0.4) is 0 Å². The Morgan fingerprint density at radius 3 is 2.00 bits per heavy atom. The number of rotatable bonds is 2. The van der Waals surface area contributed by atoms with Crippen LogP contribution in [-0.2, 0) is 12.4 Å². The van der Waals surface area contributed by atoms with Gasteiger partial charge in [-0.2, -0.15) is 26.3 Å².